The van der Waals surface area contributed by atoms with E-state index in [0.717, 1.165) is 0 Å². The SMILES string of the molecule is CNC(=O)CCn1cc(Nc2nccc(N3CC[C@@](C#N)(C(C)C)C3=O)n2)cn1. The van der Waals surface area contributed by atoms with Crippen molar-refractivity contribution in [2.24, 2.45) is 11.3 Å². The number of amides is 2. The lowest BCUT2D eigenvalue weighted by atomic mass is 9.77. The first kappa shape index (κ1) is 20.3. The van der Waals surface area contributed by atoms with Crippen LogP contribution in [0.25, 0.3) is 0 Å². The number of rotatable bonds is 7. The lowest BCUT2D eigenvalue weighted by Gasteiger charge is -2.24. The topological polar surface area (TPSA) is 129 Å². The van der Waals surface area contributed by atoms with Crippen molar-refractivity contribution < 1.29 is 9.59 Å². The lowest BCUT2D eigenvalue weighted by Crippen LogP contribution is -2.37. The summed E-state index contributed by atoms with van der Waals surface area (Å²) in [6.45, 7) is 4.67. The summed E-state index contributed by atoms with van der Waals surface area (Å²) in [5, 5.41) is 19.4. The van der Waals surface area contributed by atoms with Crippen molar-refractivity contribution in [3.63, 3.8) is 0 Å². The number of anilines is 3. The zero-order valence-electron chi connectivity index (χ0n) is 16.7. The monoisotopic (exact) mass is 396 g/mol. The fourth-order valence-corrected chi connectivity index (χ4v) is 3.30. The number of carbonyl (C=O) groups excluding carboxylic acids is 2. The molecule has 0 radical (unpaired) electrons. The molecule has 0 bridgehead atoms. The van der Waals surface area contributed by atoms with Gasteiger partial charge >= 0.3 is 0 Å². The Hall–Kier alpha value is -3.48. The molecule has 1 fully saturated rings. The quantitative estimate of drug-likeness (QED) is 0.725. The molecular weight excluding hydrogens is 372 g/mol. The van der Waals surface area contributed by atoms with E-state index in [2.05, 4.69) is 31.8 Å². The Morgan fingerprint density at radius 2 is 2.24 bits per heavy atom. The van der Waals surface area contributed by atoms with Crippen molar-refractivity contribution in [1.82, 2.24) is 25.1 Å². The van der Waals surface area contributed by atoms with Gasteiger partial charge in [-0.1, -0.05) is 13.8 Å². The Morgan fingerprint density at radius 3 is 2.90 bits per heavy atom. The number of carbonyl (C=O) groups is 2. The molecule has 3 rings (SSSR count). The fraction of sp³-hybridized carbons (Fsp3) is 0.474. The number of aromatic nitrogens is 4. The van der Waals surface area contributed by atoms with Crippen LogP contribution in [0.1, 0.15) is 26.7 Å². The van der Waals surface area contributed by atoms with Crippen LogP contribution in [-0.4, -0.2) is 45.2 Å². The minimum atomic E-state index is -1.01. The van der Waals surface area contributed by atoms with Crippen LogP contribution < -0.4 is 15.5 Å². The maximum Gasteiger partial charge on any atom is 0.248 e. The van der Waals surface area contributed by atoms with Gasteiger partial charge in [0, 0.05) is 39.0 Å². The van der Waals surface area contributed by atoms with E-state index in [1.807, 2.05) is 13.8 Å². The van der Waals surface area contributed by atoms with E-state index in [1.165, 1.54) is 0 Å². The zero-order chi connectivity index (χ0) is 21.0. The Morgan fingerprint density at radius 1 is 1.45 bits per heavy atom. The maximum absolute atomic E-state index is 12.9. The van der Waals surface area contributed by atoms with Crippen LogP contribution >= 0.6 is 0 Å². The molecule has 0 aromatic carbocycles. The molecule has 0 unspecified atom stereocenters. The molecule has 10 heteroatoms. The highest BCUT2D eigenvalue weighted by Gasteiger charge is 2.50. The summed E-state index contributed by atoms with van der Waals surface area (Å²) >= 11 is 0. The van der Waals surface area contributed by atoms with E-state index < -0.39 is 5.41 Å². The minimum Gasteiger partial charge on any atom is -0.359 e. The first-order chi connectivity index (χ1) is 13.9. The summed E-state index contributed by atoms with van der Waals surface area (Å²) in [7, 11) is 1.59. The third-order valence-electron chi connectivity index (χ3n) is 5.20. The summed E-state index contributed by atoms with van der Waals surface area (Å²) in [6.07, 6.45) is 5.73. The molecule has 0 saturated carbocycles. The van der Waals surface area contributed by atoms with Gasteiger partial charge in [0.1, 0.15) is 11.2 Å². The molecular formula is C19H24N8O2. The third kappa shape index (κ3) is 4.03. The lowest BCUT2D eigenvalue weighted by molar-refractivity contribution is -0.124. The van der Waals surface area contributed by atoms with Crippen LogP contribution in [-0.2, 0) is 16.1 Å². The molecule has 0 aliphatic carbocycles. The Labute approximate surface area is 168 Å². The van der Waals surface area contributed by atoms with Crippen molar-refractivity contribution in [2.75, 3.05) is 23.8 Å². The van der Waals surface area contributed by atoms with Gasteiger partial charge in [0.2, 0.25) is 17.8 Å². The summed E-state index contributed by atoms with van der Waals surface area (Å²) in [5.74, 6) is 0.417. The van der Waals surface area contributed by atoms with Crippen molar-refractivity contribution in [3.05, 3.63) is 24.7 Å². The van der Waals surface area contributed by atoms with Crippen LogP contribution in [0, 0.1) is 22.7 Å². The first-order valence-corrected chi connectivity index (χ1v) is 9.46. The largest absolute Gasteiger partial charge is 0.359 e. The number of nitrogens with one attached hydrogen (secondary N) is 2. The number of nitrogens with zero attached hydrogens (tertiary/aromatic N) is 6. The predicted octanol–water partition coefficient (Wildman–Crippen LogP) is 1.46. The number of nitriles is 1. The zero-order valence-corrected chi connectivity index (χ0v) is 16.7. The number of hydrogen-bond donors (Lipinski definition) is 2. The Bertz CT molecular complexity index is 948. The van der Waals surface area contributed by atoms with Crippen molar-refractivity contribution in [1.29, 1.82) is 5.26 Å². The van der Waals surface area contributed by atoms with Gasteiger partial charge in [0.25, 0.3) is 0 Å². The average molecular weight is 396 g/mol. The van der Waals surface area contributed by atoms with E-state index >= 15 is 0 Å². The van der Waals surface area contributed by atoms with Crippen molar-refractivity contribution in [2.45, 2.75) is 33.2 Å². The standard InChI is InChI=1S/C19H24N8O2/c1-13(2)19(12-20)6-9-27(17(19)29)15-4-7-22-18(25-15)24-14-10-23-26(11-14)8-5-16(28)21-3/h4,7,10-11,13H,5-6,8-9H2,1-3H3,(H,21,28)(H,22,24,25)/t19-/m1/s1. The minimum absolute atomic E-state index is 0.0591. The highest BCUT2D eigenvalue weighted by molar-refractivity contribution is 6.01. The highest BCUT2D eigenvalue weighted by Crippen LogP contribution is 2.40. The summed E-state index contributed by atoms with van der Waals surface area (Å²) in [6, 6.07) is 3.87. The molecule has 3 heterocycles. The third-order valence-corrected chi connectivity index (χ3v) is 5.20. The average Bonchev–Trinajstić information content (AvgIpc) is 3.30. The summed E-state index contributed by atoms with van der Waals surface area (Å²) in [4.78, 5) is 34.4. The molecule has 2 aromatic heterocycles. The Kier molecular flexibility index (Phi) is 5.77. The van der Waals surface area contributed by atoms with Crippen LogP contribution in [0.4, 0.5) is 17.5 Å². The molecule has 1 aliphatic heterocycles. The molecule has 29 heavy (non-hydrogen) atoms. The smallest absolute Gasteiger partial charge is 0.248 e. The van der Waals surface area contributed by atoms with E-state index in [1.54, 1.807) is 41.3 Å². The van der Waals surface area contributed by atoms with Gasteiger partial charge in [0.15, 0.2) is 0 Å². The van der Waals surface area contributed by atoms with Crippen LogP contribution in [0.15, 0.2) is 24.7 Å². The van der Waals surface area contributed by atoms with Gasteiger partial charge in [-0.3, -0.25) is 19.2 Å². The molecule has 1 saturated heterocycles. The molecule has 2 amide bonds. The molecule has 152 valence electrons. The van der Waals surface area contributed by atoms with E-state index in [-0.39, 0.29) is 17.7 Å². The molecule has 1 aliphatic rings. The van der Waals surface area contributed by atoms with Crippen LogP contribution in [0.5, 0.6) is 0 Å². The molecule has 2 N–H and O–H groups in total. The van der Waals surface area contributed by atoms with Gasteiger partial charge in [-0.05, 0) is 18.4 Å². The van der Waals surface area contributed by atoms with Gasteiger partial charge in [-0.25, -0.2) is 4.98 Å². The molecule has 1 atom stereocenters. The van der Waals surface area contributed by atoms with E-state index in [9.17, 15) is 14.9 Å². The van der Waals surface area contributed by atoms with Crippen LogP contribution in [0.2, 0.25) is 0 Å². The maximum atomic E-state index is 12.9. The summed E-state index contributed by atoms with van der Waals surface area (Å²) < 4.78 is 1.65. The molecule has 2 aromatic rings. The Balaban J connectivity index is 1.71. The van der Waals surface area contributed by atoms with Gasteiger partial charge in [0.05, 0.1) is 18.0 Å². The van der Waals surface area contributed by atoms with Crippen LogP contribution in [0.3, 0.4) is 0 Å². The molecule has 10 nitrogen and oxygen atoms in total. The van der Waals surface area contributed by atoms with E-state index in [0.29, 0.717) is 43.4 Å². The summed E-state index contributed by atoms with van der Waals surface area (Å²) in [5.41, 5.74) is -0.342. The second-order valence-corrected chi connectivity index (χ2v) is 7.22. The van der Waals surface area contributed by atoms with Gasteiger partial charge < -0.3 is 10.6 Å². The number of hydrogen-bond acceptors (Lipinski definition) is 7. The fourth-order valence-electron chi connectivity index (χ4n) is 3.30. The first-order valence-electron chi connectivity index (χ1n) is 9.46. The van der Waals surface area contributed by atoms with Crippen molar-refractivity contribution in [3.8, 4) is 6.07 Å². The predicted molar refractivity (Wildman–Crippen MR) is 106 cm³/mol. The van der Waals surface area contributed by atoms with Crippen molar-refractivity contribution >= 4 is 29.3 Å². The van der Waals surface area contributed by atoms with E-state index in [4.69, 9.17) is 0 Å². The second kappa shape index (κ2) is 8.26. The highest BCUT2D eigenvalue weighted by atomic mass is 16.2. The number of aryl methyl sites for hydroxylation is 1. The molecule has 0 spiro atoms. The van der Waals surface area contributed by atoms with Gasteiger partial charge in [-0.15, -0.1) is 0 Å². The normalized spacial score (nSPS) is 18.7. The second-order valence-electron chi connectivity index (χ2n) is 7.22. The van der Waals surface area contributed by atoms with Gasteiger partial charge in [-0.2, -0.15) is 15.3 Å².